The molecule has 1 aromatic heterocycles. The highest BCUT2D eigenvalue weighted by Crippen LogP contribution is 2.20. The van der Waals surface area contributed by atoms with E-state index < -0.39 is 0 Å². The molecule has 0 amide bonds. The Morgan fingerprint density at radius 2 is 1.71 bits per heavy atom. The van der Waals surface area contributed by atoms with Gasteiger partial charge in [-0.05, 0) is 36.8 Å². The normalized spacial score (nSPS) is 12.3. The summed E-state index contributed by atoms with van der Waals surface area (Å²) >= 11 is 0. The molecule has 0 radical (unpaired) electrons. The van der Waals surface area contributed by atoms with Gasteiger partial charge >= 0.3 is 0 Å². The highest BCUT2D eigenvalue weighted by Gasteiger charge is 2.14. The van der Waals surface area contributed by atoms with Crippen molar-refractivity contribution in [1.29, 1.82) is 0 Å². The van der Waals surface area contributed by atoms with Gasteiger partial charge in [0, 0.05) is 5.56 Å². The Morgan fingerprint density at radius 3 is 2.38 bits per heavy atom. The van der Waals surface area contributed by atoms with Crippen molar-refractivity contribution in [1.82, 2.24) is 15.2 Å². The van der Waals surface area contributed by atoms with E-state index in [1.54, 1.807) is 12.1 Å². The van der Waals surface area contributed by atoms with Crippen LogP contribution in [0.15, 0.2) is 48.5 Å². The van der Waals surface area contributed by atoms with Crippen LogP contribution in [0.2, 0.25) is 0 Å². The number of nitrogens with zero attached hydrogens (tertiary/aromatic N) is 2. The molecule has 0 saturated carbocycles. The fourth-order valence-electron chi connectivity index (χ4n) is 2.07. The second-order valence-corrected chi connectivity index (χ2v) is 4.94. The number of benzene rings is 2. The average molecular weight is 282 g/mol. The van der Waals surface area contributed by atoms with Crippen molar-refractivity contribution in [3.05, 3.63) is 71.3 Å². The van der Waals surface area contributed by atoms with Gasteiger partial charge in [-0.25, -0.2) is 9.37 Å². The second kappa shape index (κ2) is 5.46. The van der Waals surface area contributed by atoms with E-state index in [9.17, 15) is 4.39 Å². The van der Waals surface area contributed by atoms with Crippen molar-refractivity contribution in [2.24, 2.45) is 5.73 Å². The minimum Gasteiger partial charge on any atom is -0.318 e. The van der Waals surface area contributed by atoms with Crippen LogP contribution < -0.4 is 5.73 Å². The zero-order valence-electron chi connectivity index (χ0n) is 11.5. The first-order chi connectivity index (χ1) is 10.1. The highest BCUT2D eigenvalue weighted by molar-refractivity contribution is 5.54. The van der Waals surface area contributed by atoms with Crippen molar-refractivity contribution in [2.75, 3.05) is 0 Å². The van der Waals surface area contributed by atoms with E-state index in [1.165, 1.54) is 17.7 Å². The van der Waals surface area contributed by atoms with Gasteiger partial charge in [0.1, 0.15) is 11.6 Å². The van der Waals surface area contributed by atoms with Gasteiger partial charge in [0.2, 0.25) is 0 Å². The minimum absolute atomic E-state index is 0.286. The van der Waals surface area contributed by atoms with Crippen LogP contribution in [0.3, 0.4) is 0 Å². The Labute approximate surface area is 121 Å². The van der Waals surface area contributed by atoms with E-state index in [0.29, 0.717) is 11.6 Å². The fraction of sp³-hybridized carbons (Fsp3) is 0.125. The molecule has 0 bridgehead atoms. The molecule has 0 aliphatic rings. The molecule has 3 N–H and O–H groups in total. The van der Waals surface area contributed by atoms with Crippen LogP contribution in [-0.4, -0.2) is 15.2 Å². The Bertz CT molecular complexity index is 732. The number of nitrogens with two attached hydrogens (primary N) is 1. The Hall–Kier alpha value is -2.53. The summed E-state index contributed by atoms with van der Waals surface area (Å²) in [7, 11) is 0. The van der Waals surface area contributed by atoms with E-state index in [1.807, 2.05) is 31.2 Å². The third kappa shape index (κ3) is 2.83. The summed E-state index contributed by atoms with van der Waals surface area (Å²) in [5, 5.41) is 6.99. The smallest absolute Gasteiger partial charge is 0.181 e. The Kier molecular flexibility index (Phi) is 3.50. The summed E-state index contributed by atoms with van der Waals surface area (Å²) in [6.45, 7) is 2.02. The lowest BCUT2D eigenvalue weighted by Crippen LogP contribution is -2.13. The first-order valence-electron chi connectivity index (χ1n) is 6.64. The molecule has 0 fully saturated rings. The maximum atomic E-state index is 12.9. The lowest BCUT2D eigenvalue weighted by atomic mass is 10.1. The van der Waals surface area contributed by atoms with Gasteiger partial charge in [-0.3, -0.25) is 5.10 Å². The fourth-order valence-corrected chi connectivity index (χ4v) is 2.07. The van der Waals surface area contributed by atoms with Crippen LogP contribution in [0.4, 0.5) is 4.39 Å². The summed E-state index contributed by atoms with van der Waals surface area (Å²) in [6.07, 6.45) is 0. The number of aryl methyl sites for hydroxylation is 1. The number of nitrogens with one attached hydrogen (secondary N) is 1. The molecular weight excluding hydrogens is 267 g/mol. The molecule has 3 aromatic rings. The van der Waals surface area contributed by atoms with E-state index >= 15 is 0 Å². The lowest BCUT2D eigenvalue weighted by Gasteiger charge is -2.08. The zero-order valence-corrected chi connectivity index (χ0v) is 11.5. The number of aromatic nitrogens is 3. The molecule has 3 rings (SSSR count). The number of aromatic amines is 1. The third-order valence-electron chi connectivity index (χ3n) is 3.34. The van der Waals surface area contributed by atoms with Crippen molar-refractivity contribution >= 4 is 0 Å². The van der Waals surface area contributed by atoms with Crippen LogP contribution in [-0.2, 0) is 0 Å². The monoisotopic (exact) mass is 282 g/mol. The van der Waals surface area contributed by atoms with Crippen LogP contribution in [0, 0.1) is 12.7 Å². The number of rotatable bonds is 3. The predicted molar refractivity (Wildman–Crippen MR) is 79.0 cm³/mol. The average Bonchev–Trinajstić information content (AvgIpc) is 2.98. The second-order valence-electron chi connectivity index (χ2n) is 4.94. The quantitative estimate of drug-likeness (QED) is 0.776. The van der Waals surface area contributed by atoms with Gasteiger partial charge < -0.3 is 5.73 Å². The molecule has 0 spiro atoms. The van der Waals surface area contributed by atoms with Crippen molar-refractivity contribution < 1.29 is 4.39 Å². The maximum absolute atomic E-state index is 12.9. The van der Waals surface area contributed by atoms with Gasteiger partial charge in [0.25, 0.3) is 0 Å². The molecule has 106 valence electrons. The van der Waals surface area contributed by atoms with Gasteiger partial charge in [-0.1, -0.05) is 29.8 Å². The van der Waals surface area contributed by atoms with Crippen molar-refractivity contribution in [3.8, 4) is 11.4 Å². The van der Waals surface area contributed by atoms with E-state index in [2.05, 4.69) is 15.2 Å². The third-order valence-corrected chi connectivity index (χ3v) is 3.34. The van der Waals surface area contributed by atoms with Crippen molar-refractivity contribution in [2.45, 2.75) is 13.0 Å². The van der Waals surface area contributed by atoms with Crippen molar-refractivity contribution in [3.63, 3.8) is 0 Å². The number of hydrogen-bond donors (Lipinski definition) is 2. The molecule has 0 aliphatic carbocycles. The lowest BCUT2D eigenvalue weighted by molar-refractivity contribution is 0.628. The summed E-state index contributed by atoms with van der Waals surface area (Å²) in [6, 6.07) is 13.6. The molecule has 0 saturated heterocycles. The number of halogens is 1. The maximum Gasteiger partial charge on any atom is 0.181 e. The van der Waals surface area contributed by atoms with Gasteiger partial charge in [-0.15, -0.1) is 0 Å². The molecule has 4 nitrogen and oxygen atoms in total. The molecule has 1 atom stereocenters. The first-order valence-corrected chi connectivity index (χ1v) is 6.64. The van der Waals surface area contributed by atoms with E-state index in [-0.39, 0.29) is 11.9 Å². The number of H-pyrrole nitrogens is 1. The Morgan fingerprint density at radius 1 is 1.05 bits per heavy atom. The molecule has 21 heavy (non-hydrogen) atoms. The van der Waals surface area contributed by atoms with Gasteiger partial charge in [-0.2, -0.15) is 5.10 Å². The number of hydrogen-bond acceptors (Lipinski definition) is 3. The molecule has 0 aliphatic heterocycles. The highest BCUT2D eigenvalue weighted by atomic mass is 19.1. The minimum atomic E-state index is -0.368. The van der Waals surface area contributed by atoms with Gasteiger partial charge in [0.05, 0.1) is 6.04 Å². The van der Waals surface area contributed by atoms with Gasteiger partial charge in [0.15, 0.2) is 5.82 Å². The van der Waals surface area contributed by atoms with Crippen LogP contribution in [0.5, 0.6) is 0 Å². The van der Waals surface area contributed by atoms with E-state index in [4.69, 9.17) is 5.73 Å². The Balaban J connectivity index is 1.87. The molecule has 5 heteroatoms. The van der Waals surface area contributed by atoms with Crippen LogP contribution in [0.25, 0.3) is 11.4 Å². The molecular formula is C16H15FN4. The zero-order chi connectivity index (χ0) is 14.8. The van der Waals surface area contributed by atoms with Crippen LogP contribution in [0.1, 0.15) is 23.0 Å². The molecule has 2 aromatic carbocycles. The molecule has 1 heterocycles. The summed E-state index contributed by atoms with van der Waals surface area (Å²) in [5.74, 6) is 0.802. The summed E-state index contributed by atoms with van der Waals surface area (Å²) in [5.41, 5.74) is 9.07. The topological polar surface area (TPSA) is 67.6 Å². The van der Waals surface area contributed by atoms with Crippen LogP contribution >= 0.6 is 0 Å². The summed E-state index contributed by atoms with van der Waals surface area (Å²) < 4.78 is 12.9. The standard InChI is InChI=1S/C16H15FN4/c1-10-2-4-11(5-3-10)14(18)16-19-15(20-21-16)12-6-8-13(17)9-7-12/h2-9,14H,18H2,1H3,(H,19,20,21)/t14-/m1/s1. The SMILES string of the molecule is Cc1ccc([C@@H](N)c2nc(-c3ccc(F)cc3)n[nH]2)cc1. The van der Waals surface area contributed by atoms with E-state index in [0.717, 1.165) is 11.1 Å². The largest absolute Gasteiger partial charge is 0.318 e. The predicted octanol–water partition coefficient (Wildman–Crippen LogP) is 2.97. The first kappa shape index (κ1) is 13.5. The molecule has 0 unspecified atom stereocenters. The summed E-state index contributed by atoms with van der Waals surface area (Å²) in [4.78, 5) is 4.39.